The number of likely N-dealkylation sites (N-methyl/N-ethyl adjacent to an activating group) is 1. The van der Waals surface area contributed by atoms with Crippen molar-refractivity contribution in [2.45, 2.75) is 4.90 Å². The van der Waals surface area contributed by atoms with E-state index in [1.807, 2.05) is 12.1 Å². The number of hydrogen-bond acceptors (Lipinski definition) is 7. The monoisotopic (exact) mass is 472 g/mol. The maximum atomic E-state index is 12.6. The van der Waals surface area contributed by atoms with Gasteiger partial charge in [0.25, 0.3) is 11.8 Å². The average molecular weight is 473 g/mol. The molecule has 2 heterocycles. The van der Waals surface area contributed by atoms with Crippen molar-refractivity contribution in [2.75, 3.05) is 38.0 Å². The summed E-state index contributed by atoms with van der Waals surface area (Å²) in [7, 11) is 1.02. The van der Waals surface area contributed by atoms with E-state index in [1.54, 1.807) is 18.5 Å². The number of thiazole rings is 1. The van der Waals surface area contributed by atoms with E-state index in [1.165, 1.54) is 54.6 Å². The van der Waals surface area contributed by atoms with E-state index in [0.717, 1.165) is 9.87 Å². The van der Waals surface area contributed by atoms with Crippen molar-refractivity contribution < 1.29 is 22.7 Å². The number of anilines is 2. The largest absolute Gasteiger partial charge is 0.482 e. The number of rotatable bonds is 5. The standard InChI is InChI=1S/C21H20N4O5S2/c1-24(2)32(28,29)15-7-4-13(5-8-15)20(27)23-21-22-16(12-31-21)14-6-9-18-17(10-14)25(3)19(26)11-30-18/h4-10,12H,11H2,1-3H3,(H,22,23,27). The third-order valence-electron chi connectivity index (χ3n) is 4.96. The molecule has 11 heteroatoms. The molecule has 166 valence electrons. The fourth-order valence-corrected chi connectivity index (χ4v) is 4.67. The number of nitrogens with zero attached hydrogens (tertiary/aromatic N) is 3. The Balaban J connectivity index is 1.50. The molecule has 0 saturated carbocycles. The average Bonchev–Trinajstić information content (AvgIpc) is 3.24. The molecule has 0 aliphatic carbocycles. The van der Waals surface area contributed by atoms with Crippen molar-refractivity contribution in [3.8, 4) is 17.0 Å². The highest BCUT2D eigenvalue weighted by Gasteiger charge is 2.23. The van der Waals surface area contributed by atoms with Gasteiger partial charge in [-0.25, -0.2) is 17.7 Å². The molecule has 4 rings (SSSR count). The summed E-state index contributed by atoms with van der Waals surface area (Å²) in [5.74, 6) is 0.0912. The topological polar surface area (TPSA) is 109 Å². The van der Waals surface area contributed by atoms with Gasteiger partial charge in [-0.2, -0.15) is 0 Å². The number of nitrogens with one attached hydrogen (secondary N) is 1. The molecule has 0 atom stereocenters. The first-order valence-corrected chi connectivity index (χ1v) is 11.8. The molecule has 0 unspecified atom stereocenters. The Morgan fingerprint density at radius 1 is 1.19 bits per heavy atom. The first kappa shape index (κ1) is 21.9. The molecule has 0 bridgehead atoms. The van der Waals surface area contributed by atoms with E-state index >= 15 is 0 Å². The number of fused-ring (bicyclic) bond motifs is 1. The van der Waals surface area contributed by atoms with Crippen LogP contribution < -0.4 is 15.0 Å². The van der Waals surface area contributed by atoms with Gasteiger partial charge in [-0.05, 0) is 42.5 Å². The van der Waals surface area contributed by atoms with E-state index in [2.05, 4.69) is 10.3 Å². The van der Waals surface area contributed by atoms with Crippen LogP contribution in [0.5, 0.6) is 5.75 Å². The van der Waals surface area contributed by atoms with Crippen molar-refractivity contribution in [3.63, 3.8) is 0 Å². The van der Waals surface area contributed by atoms with E-state index in [4.69, 9.17) is 4.74 Å². The third-order valence-corrected chi connectivity index (χ3v) is 7.55. The lowest BCUT2D eigenvalue weighted by Gasteiger charge is -2.26. The number of ether oxygens (including phenoxy) is 1. The summed E-state index contributed by atoms with van der Waals surface area (Å²) in [6.07, 6.45) is 0. The minimum atomic E-state index is -3.56. The molecule has 9 nitrogen and oxygen atoms in total. The minimum Gasteiger partial charge on any atom is -0.482 e. The third kappa shape index (κ3) is 4.09. The summed E-state index contributed by atoms with van der Waals surface area (Å²) in [4.78, 5) is 30.5. The molecule has 2 aromatic carbocycles. The summed E-state index contributed by atoms with van der Waals surface area (Å²) >= 11 is 1.26. The fraction of sp³-hybridized carbons (Fsp3) is 0.190. The van der Waals surface area contributed by atoms with Gasteiger partial charge in [-0.1, -0.05) is 0 Å². The molecule has 0 saturated heterocycles. The minimum absolute atomic E-state index is 0.0117. The second-order valence-corrected chi connectivity index (χ2v) is 10.2. The van der Waals surface area contributed by atoms with Gasteiger partial charge in [0.2, 0.25) is 10.0 Å². The Morgan fingerprint density at radius 2 is 1.91 bits per heavy atom. The smallest absolute Gasteiger partial charge is 0.264 e. The van der Waals surface area contributed by atoms with Crippen molar-refractivity contribution in [3.05, 3.63) is 53.4 Å². The summed E-state index contributed by atoms with van der Waals surface area (Å²) in [6, 6.07) is 11.1. The number of hydrogen-bond donors (Lipinski definition) is 1. The molecule has 3 aromatic rings. The van der Waals surface area contributed by atoms with Gasteiger partial charge in [0.05, 0.1) is 16.3 Å². The van der Waals surface area contributed by atoms with Crippen LogP contribution in [-0.4, -0.2) is 57.3 Å². The van der Waals surface area contributed by atoms with Crippen molar-refractivity contribution >= 4 is 44.0 Å². The van der Waals surface area contributed by atoms with Crippen LogP contribution >= 0.6 is 11.3 Å². The van der Waals surface area contributed by atoms with E-state index in [-0.39, 0.29) is 17.4 Å². The fourth-order valence-electron chi connectivity index (χ4n) is 3.05. The Bertz CT molecular complexity index is 1300. The molecule has 0 fully saturated rings. The Labute approximate surface area is 189 Å². The van der Waals surface area contributed by atoms with E-state index in [9.17, 15) is 18.0 Å². The molecule has 0 spiro atoms. The Hall–Kier alpha value is -3.28. The lowest BCUT2D eigenvalue weighted by molar-refractivity contribution is -0.120. The van der Waals surface area contributed by atoms with Crippen LogP contribution in [0.25, 0.3) is 11.3 Å². The molecular formula is C21H20N4O5S2. The highest BCUT2D eigenvalue weighted by Crippen LogP contribution is 2.36. The SMILES string of the molecule is CN1C(=O)COc2ccc(-c3csc(NC(=O)c4ccc(S(=O)(=O)N(C)C)cc4)n3)cc21. The molecular weight excluding hydrogens is 452 g/mol. The zero-order valence-corrected chi connectivity index (χ0v) is 19.2. The lowest BCUT2D eigenvalue weighted by Crippen LogP contribution is -2.35. The van der Waals surface area contributed by atoms with Gasteiger partial charge in [0.15, 0.2) is 11.7 Å². The molecule has 0 radical (unpaired) electrons. The summed E-state index contributed by atoms with van der Waals surface area (Å²) < 4.78 is 30.9. The quantitative estimate of drug-likeness (QED) is 0.612. The number of amides is 2. The van der Waals surface area contributed by atoms with Crippen LogP contribution in [0.2, 0.25) is 0 Å². The van der Waals surface area contributed by atoms with E-state index < -0.39 is 15.9 Å². The number of sulfonamides is 1. The highest BCUT2D eigenvalue weighted by atomic mass is 32.2. The second kappa shape index (κ2) is 8.34. The Kier molecular flexibility index (Phi) is 5.71. The van der Waals surface area contributed by atoms with Gasteiger partial charge in [-0.15, -0.1) is 11.3 Å². The first-order valence-electron chi connectivity index (χ1n) is 9.50. The Morgan fingerprint density at radius 3 is 2.59 bits per heavy atom. The zero-order chi connectivity index (χ0) is 23.0. The first-order chi connectivity index (χ1) is 15.2. The van der Waals surface area contributed by atoms with Crippen LogP contribution in [0.1, 0.15) is 10.4 Å². The number of benzene rings is 2. The van der Waals surface area contributed by atoms with Crippen LogP contribution in [0.3, 0.4) is 0 Å². The van der Waals surface area contributed by atoms with Gasteiger partial charge in [0.1, 0.15) is 5.75 Å². The number of carbonyl (C=O) groups is 2. The van der Waals surface area contributed by atoms with Gasteiger partial charge in [-0.3, -0.25) is 14.9 Å². The molecule has 1 N–H and O–H groups in total. The second-order valence-electron chi connectivity index (χ2n) is 7.23. The molecule has 1 aromatic heterocycles. The molecule has 1 aliphatic rings. The highest BCUT2D eigenvalue weighted by molar-refractivity contribution is 7.89. The summed E-state index contributed by atoms with van der Waals surface area (Å²) in [5, 5.41) is 4.92. The maximum Gasteiger partial charge on any atom is 0.264 e. The summed E-state index contributed by atoms with van der Waals surface area (Å²) in [5.41, 5.74) is 2.39. The van der Waals surface area contributed by atoms with Crippen molar-refractivity contribution in [1.82, 2.24) is 9.29 Å². The van der Waals surface area contributed by atoms with Crippen LogP contribution in [0, 0.1) is 0 Å². The van der Waals surface area contributed by atoms with Crippen LogP contribution in [0.4, 0.5) is 10.8 Å². The van der Waals surface area contributed by atoms with Crippen molar-refractivity contribution in [2.24, 2.45) is 0 Å². The summed E-state index contributed by atoms with van der Waals surface area (Å²) in [6.45, 7) is 0.0117. The molecule has 1 aliphatic heterocycles. The number of carbonyl (C=O) groups excluding carboxylic acids is 2. The van der Waals surface area contributed by atoms with Gasteiger partial charge >= 0.3 is 0 Å². The molecule has 2 amide bonds. The van der Waals surface area contributed by atoms with Gasteiger partial charge in [0, 0.05) is 37.6 Å². The maximum absolute atomic E-state index is 12.6. The number of aromatic nitrogens is 1. The van der Waals surface area contributed by atoms with Crippen LogP contribution in [0.15, 0.2) is 52.7 Å². The van der Waals surface area contributed by atoms with Crippen LogP contribution in [-0.2, 0) is 14.8 Å². The lowest BCUT2D eigenvalue weighted by atomic mass is 10.1. The van der Waals surface area contributed by atoms with E-state index in [0.29, 0.717) is 27.8 Å². The predicted molar refractivity (Wildman–Crippen MR) is 122 cm³/mol. The predicted octanol–water partition coefficient (Wildman–Crippen LogP) is 2.67. The van der Waals surface area contributed by atoms with Crippen molar-refractivity contribution in [1.29, 1.82) is 0 Å². The molecule has 32 heavy (non-hydrogen) atoms. The zero-order valence-electron chi connectivity index (χ0n) is 17.5. The normalized spacial score (nSPS) is 13.6. The van der Waals surface area contributed by atoms with Gasteiger partial charge < -0.3 is 9.64 Å².